The van der Waals surface area contributed by atoms with E-state index in [0.29, 0.717) is 16.3 Å². The average molecular weight is 425 g/mol. The summed E-state index contributed by atoms with van der Waals surface area (Å²) >= 11 is 6.00. The van der Waals surface area contributed by atoms with Crippen LogP contribution in [-0.2, 0) is 21.4 Å². The van der Waals surface area contributed by atoms with Gasteiger partial charge in [0.1, 0.15) is 12.3 Å². The zero-order valence-electron chi connectivity index (χ0n) is 16.4. The van der Waals surface area contributed by atoms with Crippen LogP contribution in [0.2, 0.25) is 5.02 Å². The van der Waals surface area contributed by atoms with Crippen LogP contribution in [0.3, 0.4) is 0 Å². The molecule has 0 spiro atoms. The van der Waals surface area contributed by atoms with Crippen molar-refractivity contribution in [1.29, 1.82) is 0 Å². The standard InChI is InChI=1S/C20H25ClN2O4S/c1-14(2)27-18-9-6-16(7-10-18)12-22-20(24)13-23(28(4,25)26)19-11-17(21)8-5-15(19)3/h5-11,14H,12-13H2,1-4H3,(H,22,24). The fourth-order valence-corrected chi connectivity index (χ4v) is 3.65. The number of sulfonamides is 1. The zero-order valence-corrected chi connectivity index (χ0v) is 18.0. The van der Waals surface area contributed by atoms with Crippen LogP contribution in [-0.4, -0.2) is 33.2 Å². The van der Waals surface area contributed by atoms with Crippen LogP contribution in [0, 0.1) is 6.92 Å². The van der Waals surface area contributed by atoms with E-state index in [9.17, 15) is 13.2 Å². The number of hydrogen-bond acceptors (Lipinski definition) is 4. The maximum absolute atomic E-state index is 12.4. The molecule has 152 valence electrons. The van der Waals surface area contributed by atoms with Gasteiger partial charge in [0.15, 0.2) is 0 Å². The van der Waals surface area contributed by atoms with Gasteiger partial charge in [0.05, 0.1) is 18.0 Å². The van der Waals surface area contributed by atoms with Gasteiger partial charge in [-0.25, -0.2) is 8.42 Å². The number of aryl methyl sites for hydroxylation is 1. The van der Waals surface area contributed by atoms with Gasteiger partial charge in [-0.1, -0.05) is 29.8 Å². The highest BCUT2D eigenvalue weighted by Gasteiger charge is 2.22. The van der Waals surface area contributed by atoms with Crippen molar-refractivity contribution in [3.8, 4) is 5.75 Å². The van der Waals surface area contributed by atoms with Crippen LogP contribution in [0.25, 0.3) is 0 Å². The SMILES string of the molecule is Cc1ccc(Cl)cc1N(CC(=O)NCc1ccc(OC(C)C)cc1)S(C)(=O)=O. The van der Waals surface area contributed by atoms with Crippen LogP contribution < -0.4 is 14.4 Å². The molecule has 0 aliphatic carbocycles. The molecule has 2 aromatic carbocycles. The molecule has 0 unspecified atom stereocenters. The molecule has 2 aromatic rings. The first kappa shape index (κ1) is 22.0. The Balaban J connectivity index is 2.05. The molecular formula is C20H25ClN2O4S. The maximum Gasteiger partial charge on any atom is 0.241 e. The van der Waals surface area contributed by atoms with Crippen molar-refractivity contribution in [3.63, 3.8) is 0 Å². The first-order chi connectivity index (χ1) is 13.1. The predicted octanol–water partition coefficient (Wildman–Crippen LogP) is 3.52. The minimum absolute atomic E-state index is 0.0856. The number of halogens is 1. The van der Waals surface area contributed by atoms with Gasteiger partial charge >= 0.3 is 0 Å². The summed E-state index contributed by atoms with van der Waals surface area (Å²) in [6.07, 6.45) is 1.15. The lowest BCUT2D eigenvalue weighted by atomic mass is 10.2. The van der Waals surface area contributed by atoms with Gasteiger partial charge in [-0.3, -0.25) is 9.10 Å². The van der Waals surface area contributed by atoms with Crippen molar-refractivity contribution in [3.05, 3.63) is 58.6 Å². The molecule has 8 heteroatoms. The molecule has 0 atom stereocenters. The molecule has 0 saturated carbocycles. The molecule has 0 fully saturated rings. The molecule has 0 aromatic heterocycles. The number of benzene rings is 2. The number of anilines is 1. The number of amides is 1. The minimum atomic E-state index is -3.66. The normalized spacial score (nSPS) is 11.4. The molecule has 2 rings (SSSR count). The Hall–Kier alpha value is -2.25. The summed E-state index contributed by atoms with van der Waals surface area (Å²) in [4.78, 5) is 12.4. The number of carbonyl (C=O) groups is 1. The summed E-state index contributed by atoms with van der Waals surface area (Å²) in [6.45, 7) is 5.62. The lowest BCUT2D eigenvalue weighted by molar-refractivity contribution is -0.119. The van der Waals surface area contributed by atoms with Gasteiger partial charge in [-0.15, -0.1) is 0 Å². The summed E-state index contributed by atoms with van der Waals surface area (Å²) < 4.78 is 31.1. The Morgan fingerprint density at radius 2 is 1.82 bits per heavy atom. The van der Waals surface area contributed by atoms with Gasteiger partial charge in [0.25, 0.3) is 0 Å². The fourth-order valence-electron chi connectivity index (χ4n) is 2.58. The van der Waals surface area contributed by atoms with Crippen LogP contribution in [0.15, 0.2) is 42.5 Å². The van der Waals surface area contributed by atoms with Crippen molar-refractivity contribution in [2.75, 3.05) is 17.1 Å². The van der Waals surface area contributed by atoms with Crippen molar-refractivity contribution < 1.29 is 17.9 Å². The van der Waals surface area contributed by atoms with Crippen molar-refractivity contribution >= 4 is 33.2 Å². The number of nitrogens with one attached hydrogen (secondary N) is 1. The number of carbonyl (C=O) groups excluding carboxylic acids is 1. The van der Waals surface area contributed by atoms with Gasteiger partial charge in [0, 0.05) is 11.6 Å². The van der Waals surface area contributed by atoms with E-state index in [0.717, 1.165) is 21.9 Å². The summed E-state index contributed by atoms with van der Waals surface area (Å²) in [7, 11) is -3.66. The van der Waals surface area contributed by atoms with E-state index >= 15 is 0 Å². The minimum Gasteiger partial charge on any atom is -0.491 e. The van der Waals surface area contributed by atoms with Crippen molar-refractivity contribution in [1.82, 2.24) is 5.32 Å². The lowest BCUT2D eigenvalue weighted by Gasteiger charge is -2.24. The Morgan fingerprint density at radius 1 is 1.18 bits per heavy atom. The predicted molar refractivity (Wildman–Crippen MR) is 112 cm³/mol. The van der Waals surface area contributed by atoms with Crippen LogP contribution in [0.4, 0.5) is 5.69 Å². The Morgan fingerprint density at radius 3 is 2.39 bits per heavy atom. The molecular weight excluding hydrogens is 400 g/mol. The van der Waals surface area contributed by atoms with E-state index in [4.69, 9.17) is 16.3 Å². The number of hydrogen-bond donors (Lipinski definition) is 1. The third kappa shape index (κ3) is 6.42. The molecule has 0 aliphatic rings. The van der Waals surface area contributed by atoms with Crippen molar-refractivity contribution in [2.45, 2.75) is 33.4 Å². The van der Waals surface area contributed by atoms with Crippen LogP contribution in [0.1, 0.15) is 25.0 Å². The molecule has 0 bridgehead atoms. The second-order valence-corrected chi connectivity index (χ2v) is 9.13. The van der Waals surface area contributed by atoms with Gasteiger partial charge in [-0.2, -0.15) is 0 Å². The topological polar surface area (TPSA) is 75.7 Å². The number of nitrogens with zero attached hydrogens (tertiary/aromatic N) is 1. The van der Waals surface area contributed by atoms with E-state index in [2.05, 4.69) is 5.32 Å². The van der Waals surface area contributed by atoms with E-state index in [1.165, 1.54) is 0 Å². The average Bonchev–Trinajstić information content (AvgIpc) is 2.60. The molecule has 0 radical (unpaired) electrons. The maximum atomic E-state index is 12.4. The largest absolute Gasteiger partial charge is 0.491 e. The summed E-state index contributed by atoms with van der Waals surface area (Å²) in [5.41, 5.74) is 1.98. The first-order valence-electron chi connectivity index (χ1n) is 8.82. The summed E-state index contributed by atoms with van der Waals surface area (Å²) in [5, 5.41) is 3.15. The quantitative estimate of drug-likeness (QED) is 0.703. The molecule has 6 nitrogen and oxygen atoms in total. The lowest BCUT2D eigenvalue weighted by Crippen LogP contribution is -2.40. The van der Waals surface area contributed by atoms with Crippen LogP contribution in [0.5, 0.6) is 5.75 Å². The van der Waals surface area contributed by atoms with E-state index < -0.39 is 15.9 Å². The van der Waals surface area contributed by atoms with Crippen molar-refractivity contribution in [2.24, 2.45) is 0 Å². The summed E-state index contributed by atoms with van der Waals surface area (Å²) in [5.74, 6) is 0.345. The van der Waals surface area contributed by atoms with E-state index in [1.54, 1.807) is 25.1 Å². The first-order valence-corrected chi connectivity index (χ1v) is 11.0. The second kappa shape index (κ2) is 9.30. The molecule has 0 heterocycles. The van der Waals surface area contributed by atoms with Gasteiger partial charge in [-0.05, 0) is 56.2 Å². The number of rotatable bonds is 8. The van der Waals surface area contributed by atoms with E-state index in [-0.39, 0.29) is 19.2 Å². The molecule has 28 heavy (non-hydrogen) atoms. The Labute approximate surface area is 171 Å². The Kier molecular flexibility index (Phi) is 7.32. The van der Waals surface area contributed by atoms with Gasteiger partial charge < -0.3 is 10.1 Å². The third-order valence-electron chi connectivity index (χ3n) is 3.91. The molecule has 0 aliphatic heterocycles. The monoisotopic (exact) mass is 424 g/mol. The van der Waals surface area contributed by atoms with Gasteiger partial charge in [0.2, 0.25) is 15.9 Å². The smallest absolute Gasteiger partial charge is 0.241 e. The molecule has 1 amide bonds. The highest BCUT2D eigenvalue weighted by Crippen LogP contribution is 2.26. The fraction of sp³-hybridized carbons (Fsp3) is 0.350. The van der Waals surface area contributed by atoms with E-state index in [1.807, 2.05) is 38.1 Å². The molecule has 1 N–H and O–H groups in total. The Bertz CT molecular complexity index is 928. The summed E-state index contributed by atoms with van der Waals surface area (Å²) in [6, 6.07) is 12.3. The highest BCUT2D eigenvalue weighted by molar-refractivity contribution is 7.92. The second-order valence-electron chi connectivity index (χ2n) is 6.79. The highest BCUT2D eigenvalue weighted by atomic mass is 35.5. The number of ether oxygens (including phenoxy) is 1. The van der Waals surface area contributed by atoms with Crippen LogP contribution >= 0.6 is 11.6 Å². The molecule has 0 saturated heterocycles. The third-order valence-corrected chi connectivity index (χ3v) is 5.27. The zero-order chi connectivity index (χ0) is 20.9.